The lowest BCUT2D eigenvalue weighted by atomic mass is 10.1. The highest BCUT2D eigenvalue weighted by molar-refractivity contribution is 8.11. The van der Waals surface area contributed by atoms with Crippen LogP contribution in [0.1, 0.15) is 28.9 Å². The largest absolute Gasteiger partial charge is 0.508 e. The number of aromatic nitrogens is 1. The molecule has 0 radical (unpaired) electrons. The van der Waals surface area contributed by atoms with Gasteiger partial charge in [-0.15, -0.1) is 0 Å². The van der Waals surface area contributed by atoms with Gasteiger partial charge in [-0.25, -0.2) is 4.79 Å². The fourth-order valence-electron chi connectivity index (χ4n) is 3.42. The molecule has 2 heterocycles. The van der Waals surface area contributed by atoms with Crippen LogP contribution < -0.4 is 10.4 Å². The van der Waals surface area contributed by atoms with E-state index in [9.17, 15) is 14.7 Å². The molecule has 1 amide bonds. The molecule has 2 aromatic carbocycles. The van der Waals surface area contributed by atoms with Gasteiger partial charge in [-0.2, -0.15) is 10.2 Å². The number of carbonyl (C=O) groups excluding carboxylic acids is 2. The quantitative estimate of drug-likeness (QED) is 0.224. The number of aromatic hydroxyl groups is 1. The van der Waals surface area contributed by atoms with E-state index in [2.05, 4.69) is 15.5 Å². The summed E-state index contributed by atoms with van der Waals surface area (Å²) in [6.07, 6.45) is -1.23. The van der Waals surface area contributed by atoms with E-state index in [1.807, 2.05) is 19.1 Å². The summed E-state index contributed by atoms with van der Waals surface area (Å²) in [5.74, 6) is -1.08. The van der Waals surface area contributed by atoms with Crippen molar-refractivity contribution in [2.45, 2.75) is 20.0 Å². The number of phenolic OH excluding ortho intramolecular Hbond substituents is 1. The minimum atomic E-state index is -1.65. The molecule has 0 saturated heterocycles. The Morgan fingerprint density at radius 1 is 1.30 bits per heavy atom. The maximum Gasteiger partial charge on any atom is 0.359 e. The smallest absolute Gasteiger partial charge is 0.359 e. The van der Waals surface area contributed by atoms with E-state index in [0.717, 1.165) is 5.56 Å². The van der Waals surface area contributed by atoms with Crippen LogP contribution in [0, 0.1) is 6.92 Å². The Bertz CT molecular complexity index is 1280. The van der Waals surface area contributed by atoms with Gasteiger partial charge in [0.15, 0.2) is 5.43 Å². The zero-order valence-electron chi connectivity index (χ0n) is 17.5. The average Bonchev–Trinajstić information content (AvgIpc) is 3.11. The van der Waals surface area contributed by atoms with Crippen molar-refractivity contribution in [1.29, 1.82) is 0 Å². The van der Waals surface area contributed by atoms with E-state index in [1.54, 1.807) is 25.1 Å². The van der Waals surface area contributed by atoms with E-state index < -0.39 is 24.7 Å². The SMILES string of the molecule is CCOC(=O)c1pc(P(Cl)Cl)c2n1[C@@H](N=Nc1cccc(O)c1)C(=O)Nc1ccc(C)cc1-2. The predicted octanol–water partition coefficient (Wildman–Crippen LogP) is 6.58. The molecule has 0 fully saturated rings. The molecule has 4 rings (SSSR count). The Kier molecular flexibility index (Phi) is 7.01. The highest BCUT2D eigenvalue weighted by Gasteiger charge is 2.37. The molecule has 170 valence electrons. The molecule has 1 aliphatic heterocycles. The fraction of sp³-hybridized carbons (Fsp3) is 0.190. The second-order valence-electron chi connectivity index (χ2n) is 7.08. The number of ether oxygens (including phenoxy) is 1. The van der Waals surface area contributed by atoms with Gasteiger partial charge in [-0.3, -0.25) is 9.36 Å². The summed E-state index contributed by atoms with van der Waals surface area (Å²) in [7, 11) is 0.444. The molecule has 33 heavy (non-hydrogen) atoms. The lowest BCUT2D eigenvalue weighted by Gasteiger charge is -2.16. The standard InChI is InChI=1S/C21H18Cl2N4O4P2/c1-3-31-20(30)19-27-16(21(32-19)33(22)23)14-9-11(2)7-8-15(14)24-18(29)17(27)26-25-12-5-4-6-13(28)10-12/h4-10,17,28H,3H2,1-2H3,(H,24,29)/t17-/m1/s1. The van der Waals surface area contributed by atoms with Gasteiger partial charge in [0.25, 0.3) is 5.91 Å². The normalized spacial score (nSPS) is 15.4. The van der Waals surface area contributed by atoms with Crippen LogP contribution in [-0.2, 0) is 9.53 Å². The molecule has 0 spiro atoms. The Labute approximate surface area is 202 Å². The van der Waals surface area contributed by atoms with Crippen molar-refractivity contribution in [3.63, 3.8) is 0 Å². The van der Waals surface area contributed by atoms with Gasteiger partial charge < -0.3 is 15.2 Å². The third kappa shape index (κ3) is 4.75. The second-order valence-corrected chi connectivity index (χ2v) is 12.0. The van der Waals surface area contributed by atoms with Gasteiger partial charge in [0, 0.05) is 11.6 Å². The molecule has 0 aliphatic carbocycles. The minimum absolute atomic E-state index is 0.0101. The highest BCUT2D eigenvalue weighted by atomic mass is 35.9. The lowest BCUT2D eigenvalue weighted by molar-refractivity contribution is -0.119. The van der Waals surface area contributed by atoms with Crippen molar-refractivity contribution in [3.8, 4) is 17.0 Å². The maximum absolute atomic E-state index is 13.3. The van der Waals surface area contributed by atoms with Gasteiger partial charge >= 0.3 is 5.97 Å². The second kappa shape index (κ2) is 9.78. The molecule has 1 aromatic heterocycles. The molecule has 1 atom stereocenters. The average molecular weight is 523 g/mol. The zero-order chi connectivity index (χ0) is 23.7. The van der Waals surface area contributed by atoms with Gasteiger partial charge in [0.2, 0.25) is 6.17 Å². The van der Waals surface area contributed by atoms with Gasteiger partial charge in [-0.1, -0.05) is 40.2 Å². The molecule has 0 saturated carbocycles. The Morgan fingerprint density at radius 3 is 2.79 bits per heavy atom. The number of halogens is 2. The van der Waals surface area contributed by atoms with Gasteiger partial charge in [0.1, 0.15) is 12.4 Å². The third-order valence-electron chi connectivity index (χ3n) is 4.79. The van der Waals surface area contributed by atoms with Crippen LogP contribution in [0.25, 0.3) is 11.3 Å². The number of phenols is 1. The molecule has 2 N–H and O–H groups in total. The molecule has 1 aliphatic rings. The summed E-state index contributed by atoms with van der Waals surface area (Å²) in [5, 5.41) is 21.6. The molecular formula is C21H18Cl2N4O4P2. The van der Waals surface area contributed by atoms with Crippen molar-refractivity contribution >= 4 is 65.6 Å². The first-order valence-corrected chi connectivity index (χ1v) is 13.9. The molecule has 12 heteroatoms. The topological polar surface area (TPSA) is 105 Å². The minimum Gasteiger partial charge on any atom is -0.508 e. The van der Waals surface area contributed by atoms with Crippen LogP contribution in [0.5, 0.6) is 5.75 Å². The number of hydrogen-bond donors (Lipinski definition) is 2. The highest BCUT2D eigenvalue weighted by Crippen LogP contribution is 2.53. The summed E-state index contributed by atoms with van der Waals surface area (Å²) in [6.45, 7) is 2.13. The summed E-state index contributed by atoms with van der Waals surface area (Å²) in [6, 6.07) is 11.7. The van der Waals surface area contributed by atoms with Crippen LogP contribution in [0.15, 0.2) is 52.7 Å². The molecular weight excluding hydrogens is 505 g/mol. The molecule has 3 aromatic rings. The van der Waals surface area contributed by atoms with E-state index in [0.29, 0.717) is 35.9 Å². The van der Waals surface area contributed by atoms with Crippen LogP contribution in [0.3, 0.4) is 0 Å². The first-order valence-electron chi connectivity index (χ1n) is 9.83. The van der Waals surface area contributed by atoms with Crippen molar-refractivity contribution < 1.29 is 19.4 Å². The number of azo groups is 1. The predicted molar refractivity (Wildman–Crippen MR) is 132 cm³/mol. The molecule has 0 bridgehead atoms. The van der Waals surface area contributed by atoms with E-state index in [4.69, 9.17) is 27.2 Å². The number of esters is 1. The number of fused-ring (bicyclic) bond motifs is 3. The van der Waals surface area contributed by atoms with Crippen LogP contribution in [-0.4, -0.2) is 28.2 Å². The number of carbonyl (C=O) groups is 2. The Hall–Kier alpha value is -2.50. The van der Waals surface area contributed by atoms with E-state index in [1.165, 1.54) is 16.7 Å². The number of anilines is 1. The summed E-state index contributed by atoms with van der Waals surface area (Å²) in [5.41, 5.74) is 3.23. The van der Waals surface area contributed by atoms with E-state index in [-0.39, 0.29) is 17.8 Å². The van der Waals surface area contributed by atoms with Gasteiger partial charge in [-0.05, 0) is 46.3 Å². The summed E-state index contributed by atoms with van der Waals surface area (Å²) in [4.78, 5) is 26.2. The fourth-order valence-corrected chi connectivity index (χ4v) is 6.57. The number of nitrogens with one attached hydrogen (secondary N) is 1. The van der Waals surface area contributed by atoms with Crippen molar-refractivity contribution in [3.05, 3.63) is 53.5 Å². The van der Waals surface area contributed by atoms with Crippen molar-refractivity contribution in [1.82, 2.24) is 4.57 Å². The Morgan fingerprint density at radius 2 is 2.09 bits per heavy atom. The lowest BCUT2D eigenvalue weighted by Crippen LogP contribution is -2.25. The van der Waals surface area contributed by atoms with Gasteiger partial charge in [0.05, 0.1) is 28.7 Å². The van der Waals surface area contributed by atoms with E-state index >= 15 is 0 Å². The number of nitrogens with zero attached hydrogens (tertiary/aromatic N) is 3. The maximum atomic E-state index is 13.3. The number of rotatable bonds is 5. The number of benzene rings is 2. The van der Waals surface area contributed by atoms with Crippen molar-refractivity contribution in [2.24, 2.45) is 10.2 Å². The van der Waals surface area contributed by atoms with Crippen LogP contribution >= 0.6 is 37.3 Å². The Balaban J connectivity index is 1.98. The monoisotopic (exact) mass is 522 g/mol. The zero-order valence-corrected chi connectivity index (χ0v) is 20.8. The number of hydrogen-bond acceptors (Lipinski definition) is 6. The number of amides is 1. The third-order valence-corrected chi connectivity index (χ3v) is 8.98. The van der Waals surface area contributed by atoms with Crippen molar-refractivity contribution in [2.75, 3.05) is 11.9 Å². The molecule has 8 nitrogen and oxygen atoms in total. The summed E-state index contributed by atoms with van der Waals surface area (Å²) < 4.78 is 6.75. The molecule has 0 unspecified atom stereocenters. The first kappa shape index (κ1) is 23.7. The van der Waals surface area contributed by atoms with Crippen LogP contribution in [0.2, 0.25) is 0 Å². The number of aryl methyl sites for hydroxylation is 1. The van der Waals surface area contributed by atoms with Crippen LogP contribution in [0.4, 0.5) is 11.4 Å². The first-order chi connectivity index (χ1) is 15.8. The summed E-state index contributed by atoms with van der Waals surface area (Å²) >= 11 is 12.7.